The van der Waals surface area contributed by atoms with E-state index < -0.39 is 24.1 Å². The topological polar surface area (TPSA) is 87.4 Å². The summed E-state index contributed by atoms with van der Waals surface area (Å²) in [5, 5.41) is 8.99. The second kappa shape index (κ2) is 4.17. The molecule has 1 saturated heterocycles. The Morgan fingerprint density at radius 2 is 1.94 bits per heavy atom. The molecular weight excluding hydrogens is 213 g/mol. The van der Waals surface area contributed by atoms with E-state index in [1.807, 2.05) is 0 Å². The molecule has 0 aliphatic carbocycles. The first-order chi connectivity index (χ1) is 7.59. The van der Waals surface area contributed by atoms with Gasteiger partial charge in [-0.2, -0.15) is 0 Å². The molecular formula is C10H12FN3O2. The third kappa shape index (κ3) is 1.90. The lowest BCUT2D eigenvalue weighted by atomic mass is 9.91. The lowest BCUT2D eigenvalue weighted by Gasteiger charge is -2.18. The number of nitrogens with one attached hydrogen (secondary N) is 2. The van der Waals surface area contributed by atoms with Crippen LogP contribution < -0.4 is 16.6 Å². The van der Waals surface area contributed by atoms with Crippen molar-refractivity contribution in [2.45, 2.75) is 18.1 Å². The van der Waals surface area contributed by atoms with Crippen molar-refractivity contribution in [3.8, 4) is 0 Å². The molecule has 0 aromatic heterocycles. The van der Waals surface area contributed by atoms with E-state index in [1.165, 1.54) is 12.1 Å². The Bertz CT molecular complexity index is 396. The lowest BCUT2D eigenvalue weighted by molar-refractivity contribution is -0.139. The first kappa shape index (κ1) is 11.0. The summed E-state index contributed by atoms with van der Waals surface area (Å²) in [5.41, 5.74) is 11.7. The number of carboxylic acid groups (broad SMARTS) is 1. The molecule has 0 amide bonds. The minimum Gasteiger partial charge on any atom is -0.480 e. The Kier molecular flexibility index (Phi) is 2.86. The van der Waals surface area contributed by atoms with E-state index >= 15 is 0 Å². The van der Waals surface area contributed by atoms with Gasteiger partial charge in [0.25, 0.3) is 0 Å². The smallest absolute Gasteiger partial charge is 0.322 e. The number of halogens is 1. The molecule has 5 nitrogen and oxygen atoms in total. The van der Waals surface area contributed by atoms with Gasteiger partial charge in [-0.1, -0.05) is 12.1 Å². The fourth-order valence-corrected chi connectivity index (χ4v) is 1.87. The minimum absolute atomic E-state index is 0.358. The molecule has 1 aliphatic rings. The van der Waals surface area contributed by atoms with Crippen LogP contribution >= 0.6 is 0 Å². The van der Waals surface area contributed by atoms with E-state index in [0.717, 1.165) is 0 Å². The Morgan fingerprint density at radius 3 is 2.50 bits per heavy atom. The number of rotatable bonds is 2. The van der Waals surface area contributed by atoms with E-state index in [0.29, 0.717) is 5.56 Å². The van der Waals surface area contributed by atoms with Crippen LogP contribution in [0.5, 0.6) is 0 Å². The summed E-state index contributed by atoms with van der Waals surface area (Å²) < 4.78 is 12.7. The Hall–Kier alpha value is -1.50. The van der Waals surface area contributed by atoms with Crippen molar-refractivity contribution in [2.24, 2.45) is 5.73 Å². The van der Waals surface area contributed by atoms with Gasteiger partial charge in [-0.3, -0.25) is 4.79 Å². The van der Waals surface area contributed by atoms with Crippen LogP contribution in [0, 0.1) is 5.82 Å². The molecule has 3 unspecified atom stereocenters. The number of benzene rings is 1. The van der Waals surface area contributed by atoms with Crippen LogP contribution in [0.25, 0.3) is 0 Å². The minimum atomic E-state index is -0.991. The second-order valence-corrected chi connectivity index (χ2v) is 3.71. The van der Waals surface area contributed by atoms with Gasteiger partial charge in [0.2, 0.25) is 0 Å². The zero-order valence-corrected chi connectivity index (χ0v) is 8.35. The third-order valence-electron chi connectivity index (χ3n) is 2.67. The van der Waals surface area contributed by atoms with Crippen molar-refractivity contribution in [3.63, 3.8) is 0 Å². The van der Waals surface area contributed by atoms with Crippen LogP contribution in [0.2, 0.25) is 0 Å². The van der Waals surface area contributed by atoms with E-state index in [-0.39, 0.29) is 5.82 Å². The monoisotopic (exact) mass is 225 g/mol. The molecule has 16 heavy (non-hydrogen) atoms. The van der Waals surface area contributed by atoms with Crippen molar-refractivity contribution in [3.05, 3.63) is 35.6 Å². The number of carbonyl (C=O) groups is 1. The first-order valence-corrected chi connectivity index (χ1v) is 4.84. The summed E-state index contributed by atoms with van der Waals surface area (Å²) in [6.45, 7) is 0. The molecule has 2 rings (SSSR count). The van der Waals surface area contributed by atoms with Crippen molar-refractivity contribution in [1.82, 2.24) is 10.9 Å². The van der Waals surface area contributed by atoms with E-state index in [9.17, 15) is 9.18 Å². The van der Waals surface area contributed by atoms with Gasteiger partial charge >= 0.3 is 5.97 Å². The van der Waals surface area contributed by atoms with Gasteiger partial charge < -0.3 is 10.8 Å². The second-order valence-electron chi connectivity index (χ2n) is 3.71. The van der Waals surface area contributed by atoms with Gasteiger partial charge in [0.1, 0.15) is 11.9 Å². The number of nitrogens with two attached hydrogens (primary N) is 1. The number of hydrogen-bond acceptors (Lipinski definition) is 4. The molecule has 3 atom stereocenters. The fraction of sp³-hybridized carbons (Fsp3) is 0.300. The average molecular weight is 225 g/mol. The quantitative estimate of drug-likeness (QED) is 0.558. The Morgan fingerprint density at radius 1 is 1.31 bits per heavy atom. The van der Waals surface area contributed by atoms with Gasteiger partial charge in [-0.05, 0) is 17.7 Å². The maximum absolute atomic E-state index is 12.7. The lowest BCUT2D eigenvalue weighted by Crippen LogP contribution is -2.39. The first-order valence-electron chi connectivity index (χ1n) is 4.84. The molecule has 1 aromatic carbocycles. The largest absolute Gasteiger partial charge is 0.480 e. The number of carboxylic acids is 1. The number of aliphatic carboxylic acids is 1. The van der Waals surface area contributed by atoms with Crippen LogP contribution in [-0.4, -0.2) is 23.3 Å². The van der Waals surface area contributed by atoms with E-state index in [4.69, 9.17) is 10.8 Å². The Balaban J connectivity index is 2.29. The van der Waals surface area contributed by atoms with Crippen molar-refractivity contribution in [1.29, 1.82) is 0 Å². The zero-order chi connectivity index (χ0) is 11.7. The Labute approximate surface area is 91.4 Å². The average Bonchev–Trinajstić information content (AvgIpc) is 2.62. The highest BCUT2D eigenvalue weighted by Crippen LogP contribution is 2.25. The zero-order valence-electron chi connectivity index (χ0n) is 8.35. The van der Waals surface area contributed by atoms with Crippen LogP contribution in [0.1, 0.15) is 11.5 Å². The predicted octanol–water partition coefficient (Wildman–Crippen LogP) is -0.245. The molecule has 5 N–H and O–H groups in total. The predicted molar refractivity (Wildman–Crippen MR) is 54.8 cm³/mol. The van der Waals surface area contributed by atoms with E-state index in [1.54, 1.807) is 12.1 Å². The summed E-state index contributed by atoms with van der Waals surface area (Å²) in [4.78, 5) is 11.0. The van der Waals surface area contributed by atoms with Crippen molar-refractivity contribution in [2.75, 3.05) is 0 Å². The third-order valence-corrected chi connectivity index (χ3v) is 2.67. The summed E-state index contributed by atoms with van der Waals surface area (Å²) in [5.74, 6) is -1.77. The van der Waals surface area contributed by atoms with Gasteiger partial charge in [0.05, 0.1) is 6.17 Å². The summed E-state index contributed by atoms with van der Waals surface area (Å²) in [6, 6.07) is 4.87. The van der Waals surface area contributed by atoms with Crippen LogP contribution in [0.3, 0.4) is 0 Å². The summed E-state index contributed by atoms with van der Waals surface area (Å²) in [7, 11) is 0. The molecule has 86 valence electrons. The highest BCUT2D eigenvalue weighted by molar-refractivity contribution is 5.75. The number of hydrogen-bond donors (Lipinski definition) is 4. The highest BCUT2D eigenvalue weighted by Gasteiger charge is 2.39. The van der Waals surface area contributed by atoms with Gasteiger partial charge in [-0.25, -0.2) is 15.2 Å². The van der Waals surface area contributed by atoms with Gasteiger partial charge in [0, 0.05) is 5.92 Å². The molecule has 1 heterocycles. The summed E-state index contributed by atoms with van der Waals surface area (Å²) >= 11 is 0. The molecule has 0 saturated carbocycles. The standard InChI is InChI=1S/C10H12FN3O2/c11-6-3-1-5(2-4-6)7-8(10(15)16)13-14-9(7)12/h1-4,7-9,13-14H,12H2,(H,15,16). The van der Waals surface area contributed by atoms with Gasteiger partial charge in [0.15, 0.2) is 0 Å². The van der Waals surface area contributed by atoms with Crippen molar-refractivity contribution >= 4 is 5.97 Å². The molecule has 1 aliphatic heterocycles. The molecule has 6 heteroatoms. The molecule has 0 bridgehead atoms. The normalized spacial score (nSPS) is 29.2. The van der Waals surface area contributed by atoms with Crippen molar-refractivity contribution < 1.29 is 14.3 Å². The maximum Gasteiger partial charge on any atom is 0.322 e. The maximum atomic E-state index is 12.7. The van der Waals surface area contributed by atoms with Crippen LogP contribution in [0.15, 0.2) is 24.3 Å². The summed E-state index contributed by atoms with van der Waals surface area (Å²) in [6.07, 6.45) is -0.508. The fourth-order valence-electron chi connectivity index (χ4n) is 1.87. The van der Waals surface area contributed by atoms with Crippen LogP contribution in [0.4, 0.5) is 4.39 Å². The molecule has 1 fully saturated rings. The highest BCUT2D eigenvalue weighted by atomic mass is 19.1. The van der Waals surface area contributed by atoms with E-state index in [2.05, 4.69) is 10.9 Å². The number of hydrazine groups is 1. The van der Waals surface area contributed by atoms with Gasteiger partial charge in [-0.15, -0.1) is 0 Å². The molecule has 0 spiro atoms. The molecule has 1 aromatic rings. The van der Waals surface area contributed by atoms with Crippen LogP contribution in [-0.2, 0) is 4.79 Å². The molecule has 0 radical (unpaired) electrons. The SMILES string of the molecule is NC1NNC(C(=O)O)C1c1ccc(F)cc1.